The average molecular weight is 140 g/mol. The molecule has 0 aromatic carbocycles. The van der Waals surface area contributed by atoms with E-state index in [1.165, 1.54) is 19.5 Å². The van der Waals surface area contributed by atoms with Crippen LogP contribution in [-0.2, 0) is 0 Å². The molecule has 0 radical (unpaired) electrons. The normalized spacial score (nSPS) is 19.2. The standard InChI is InChI=1S/C9H18N/c1-8-5-6-10(8)7-9(2,3)4/h5-7H2,1-4H3/q+1. The maximum atomic E-state index is 2.47. The van der Waals surface area contributed by atoms with Gasteiger partial charge in [-0.05, 0) is 0 Å². The van der Waals surface area contributed by atoms with Crippen LogP contribution in [-0.4, -0.2) is 23.4 Å². The first-order valence-electron chi connectivity index (χ1n) is 4.06. The van der Waals surface area contributed by atoms with Crippen molar-refractivity contribution >= 4 is 5.71 Å². The van der Waals surface area contributed by atoms with Crippen LogP contribution in [0, 0.1) is 5.41 Å². The van der Waals surface area contributed by atoms with E-state index in [1.807, 2.05) is 0 Å². The Kier molecular flexibility index (Phi) is 1.84. The Morgan fingerprint density at radius 3 is 2.10 bits per heavy atom. The maximum Gasteiger partial charge on any atom is 0.155 e. The predicted octanol–water partition coefficient (Wildman–Crippen LogP) is 1.91. The third-order valence-corrected chi connectivity index (χ3v) is 1.95. The summed E-state index contributed by atoms with van der Waals surface area (Å²) >= 11 is 0. The van der Waals surface area contributed by atoms with E-state index < -0.39 is 0 Å². The van der Waals surface area contributed by atoms with Gasteiger partial charge in [-0.3, -0.25) is 0 Å². The van der Waals surface area contributed by atoms with Crippen molar-refractivity contribution in [1.29, 1.82) is 0 Å². The molecular weight excluding hydrogens is 122 g/mol. The van der Waals surface area contributed by atoms with Gasteiger partial charge >= 0.3 is 0 Å². The minimum atomic E-state index is 0.460. The molecule has 0 saturated heterocycles. The molecule has 58 valence electrons. The van der Waals surface area contributed by atoms with Crippen LogP contribution < -0.4 is 0 Å². The van der Waals surface area contributed by atoms with Gasteiger partial charge in [0.25, 0.3) is 0 Å². The first-order valence-corrected chi connectivity index (χ1v) is 4.06. The van der Waals surface area contributed by atoms with Crippen LogP contribution in [0.3, 0.4) is 0 Å². The van der Waals surface area contributed by atoms with Crippen LogP contribution in [0.2, 0.25) is 0 Å². The molecule has 0 saturated carbocycles. The predicted molar refractivity (Wildman–Crippen MR) is 44.7 cm³/mol. The van der Waals surface area contributed by atoms with Gasteiger partial charge in [0, 0.05) is 12.3 Å². The summed E-state index contributed by atoms with van der Waals surface area (Å²) in [6, 6.07) is 0. The highest BCUT2D eigenvalue weighted by atomic mass is 15.1. The second kappa shape index (κ2) is 2.37. The largest absolute Gasteiger partial charge is 0.236 e. The lowest BCUT2D eigenvalue weighted by molar-refractivity contribution is -0.564. The molecule has 0 aliphatic carbocycles. The number of rotatable bonds is 1. The van der Waals surface area contributed by atoms with Gasteiger partial charge in [0.05, 0.1) is 6.42 Å². The molecule has 1 aliphatic rings. The topological polar surface area (TPSA) is 3.01 Å². The van der Waals surface area contributed by atoms with Gasteiger partial charge in [-0.15, -0.1) is 0 Å². The van der Waals surface area contributed by atoms with Crippen LogP contribution in [0.4, 0.5) is 0 Å². The highest BCUT2D eigenvalue weighted by molar-refractivity contribution is 5.79. The van der Waals surface area contributed by atoms with Crippen molar-refractivity contribution in [3.05, 3.63) is 0 Å². The molecule has 1 heterocycles. The van der Waals surface area contributed by atoms with Crippen molar-refractivity contribution in [2.45, 2.75) is 34.1 Å². The molecule has 0 amide bonds. The van der Waals surface area contributed by atoms with Gasteiger partial charge in [0.1, 0.15) is 6.54 Å². The van der Waals surface area contributed by atoms with Gasteiger partial charge in [-0.2, -0.15) is 0 Å². The zero-order chi connectivity index (χ0) is 7.78. The Hall–Kier alpha value is -0.330. The summed E-state index contributed by atoms with van der Waals surface area (Å²) in [5.74, 6) is 0. The van der Waals surface area contributed by atoms with Crippen LogP contribution in [0.5, 0.6) is 0 Å². The Morgan fingerprint density at radius 1 is 1.40 bits per heavy atom. The fraction of sp³-hybridized carbons (Fsp3) is 0.889. The van der Waals surface area contributed by atoms with E-state index in [-0.39, 0.29) is 0 Å². The molecule has 0 bridgehead atoms. The van der Waals surface area contributed by atoms with Crippen molar-refractivity contribution in [3.8, 4) is 0 Å². The summed E-state index contributed by atoms with van der Waals surface area (Å²) < 4.78 is 2.47. The van der Waals surface area contributed by atoms with Crippen LogP contribution in [0.1, 0.15) is 34.1 Å². The lowest BCUT2D eigenvalue weighted by Gasteiger charge is -2.22. The minimum absolute atomic E-state index is 0.460. The monoisotopic (exact) mass is 140 g/mol. The van der Waals surface area contributed by atoms with Gasteiger partial charge < -0.3 is 0 Å². The van der Waals surface area contributed by atoms with Crippen LogP contribution in [0.15, 0.2) is 0 Å². The summed E-state index contributed by atoms with van der Waals surface area (Å²) in [5.41, 5.74) is 2.02. The van der Waals surface area contributed by atoms with Crippen molar-refractivity contribution in [2.75, 3.05) is 13.1 Å². The second-order valence-corrected chi connectivity index (χ2v) is 4.47. The molecule has 1 heteroatoms. The molecule has 1 nitrogen and oxygen atoms in total. The van der Waals surface area contributed by atoms with Gasteiger partial charge in [-0.1, -0.05) is 20.8 Å². The Morgan fingerprint density at radius 2 is 2.00 bits per heavy atom. The lowest BCUT2D eigenvalue weighted by atomic mass is 9.95. The van der Waals surface area contributed by atoms with Gasteiger partial charge in [-0.25, -0.2) is 4.58 Å². The Bertz CT molecular complexity index is 160. The summed E-state index contributed by atoms with van der Waals surface area (Å²) in [5, 5.41) is 0. The maximum absolute atomic E-state index is 2.47. The molecule has 0 atom stereocenters. The Labute approximate surface area is 63.8 Å². The Balaban J connectivity index is 2.48. The fourth-order valence-corrected chi connectivity index (χ4v) is 1.28. The minimum Gasteiger partial charge on any atom is -0.236 e. The van der Waals surface area contributed by atoms with E-state index in [9.17, 15) is 0 Å². The number of hydrogen-bond donors (Lipinski definition) is 0. The molecule has 0 spiro atoms. The molecular formula is C9H18N+. The van der Waals surface area contributed by atoms with Crippen LogP contribution in [0.25, 0.3) is 0 Å². The number of nitrogens with zero attached hydrogens (tertiary/aromatic N) is 1. The smallest absolute Gasteiger partial charge is 0.155 e. The first kappa shape index (κ1) is 7.77. The van der Waals surface area contributed by atoms with E-state index in [2.05, 4.69) is 32.3 Å². The molecule has 1 aliphatic heterocycles. The van der Waals surface area contributed by atoms with Crippen molar-refractivity contribution in [1.82, 2.24) is 0 Å². The zero-order valence-electron chi connectivity index (χ0n) is 7.57. The lowest BCUT2D eigenvalue weighted by Crippen LogP contribution is -2.37. The molecule has 0 fully saturated rings. The molecule has 0 aromatic rings. The van der Waals surface area contributed by atoms with Crippen molar-refractivity contribution < 1.29 is 4.58 Å². The quantitative estimate of drug-likeness (QED) is 0.489. The SMILES string of the molecule is CC1=[N+](CC(C)(C)C)CC1. The molecule has 0 N–H and O–H groups in total. The van der Waals surface area contributed by atoms with Gasteiger partial charge in [0.2, 0.25) is 0 Å². The molecule has 10 heavy (non-hydrogen) atoms. The van der Waals surface area contributed by atoms with Gasteiger partial charge in [0.15, 0.2) is 12.3 Å². The first-order chi connectivity index (χ1) is 4.49. The zero-order valence-corrected chi connectivity index (χ0v) is 7.57. The highest BCUT2D eigenvalue weighted by Crippen LogP contribution is 2.15. The summed E-state index contributed by atoms with van der Waals surface area (Å²) in [6.07, 6.45) is 1.32. The second-order valence-electron chi connectivity index (χ2n) is 4.47. The van der Waals surface area contributed by atoms with E-state index >= 15 is 0 Å². The fourth-order valence-electron chi connectivity index (χ4n) is 1.28. The third kappa shape index (κ3) is 1.83. The third-order valence-electron chi connectivity index (χ3n) is 1.95. The summed E-state index contributed by atoms with van der Waals surface area (Å²) in [4.78, 5) is 0. The average Bonchev–Trinajstić information content (AvgIpc) is 1.78. The highest BCUT2D eigenvalue weighted by Gasteiger charge is 2.26. The van der Waals surface area contributed by atoms with E-state index in [0.717, 1.165) is 0 Å². The number of hydrogen-bond acceptors (Lipinski definition) is 0. The molecule has 0 aromatic heterocycles. The van der Waals surface area contributed by atoms with Crippen molar-refractivity contribution in [2.24, 2.45) is 5.41 Å². The van der Waals surface area contributed by atoms with Crippen LogP contribution >= 0.6 is 0 Å². The van der Waals surface area contributed by atoms with Crippen molar-refractivity contribution in [3.63, 3.8) is 0 Å². The van der Waals surface area contributed by atoms with E-state index in [1.54, 1.807) is 5.71 Å². The summed E-state index contributed by atoms with van der Waals surface area (Å²) in [7, 11) is 0. The molecule has 1 rings (SSSR count). The molecule has 0 unspecified atom stereocenters. The van der Waals surface area contributed by atoms with E-state index in [0.29, 0.717) is 5.41 Å². The van der Waals surface area contributed by atoms with E-state index in [4.69, 9.17) is 0 Å². The summed E-state index contributed by atoms with van der Waals surface area (Å²) in [6.45, 7) is 11.6.